The van der Waals surface area contributed by atoms with Crippen LogP contribution in [0.15, 0.2) is 36.4 Å². The Morgan fingerprint density at radius 2 is 1.95 bits per heavy atom. The Morgan fingerprint density at radius 3 is 2.63 bits per heavy atom. The molecule has 0 aliphatic rings. The van der Waals surface area contributed by atoms with Gasteiger partial charge in [0.1, 0.15) is 23.0 Å². The highest BCUT2D eigenvalue weighted by atomic mass is 19.1. The molecule has 0 spiro atoms. The number of aryl methyl sites for hydroxylation is 2. The zero-order chi connectivity index (χ0) is 13.6. The van der Waals surface area contributed by atoms with Crippen molar-refractivity contribution in [2.75, 3.05) is 5.73 Å². The van der Waals surface area contributed by atoms with Gasteiger partial charge in [-0.3, -0.25) is 4.40 Å². The van der Waals surface area contributed by atoms with Gasteiger partial charge >= 0.3 is 0 Å². The highest BCUT2D eigenvalue weighted by molar-refractivity contribution is 5.77. The standard InChI is InChI=1S/C15H14FN3/c1-9-8-11(16)6-7-12(9)14-15(17)19-10(2)4-3-5-13(19)18-14/h3-8H,17H2,1-2H3. The summed E-state index contributed by atoms with van der Waals surface area (Å²) in [6.07, 6.45) is 0. The van der Waals surface area contributed by atoms with Crippen LogP contribution in [0.3, 0.4) is 0 Å². The molecule has 0 radical (unpaired) electrons. The molecule has 0 fully saturated rings. The van der Waals surface area contributed by atoms with E-state index < -0.39 is 0 Å². The first-order valence-electron chi connectivity index (χ1n) is 6.08. The normalized spacial score (nSPS) is 11.1. The van der Waals surface area contributed by atoms with Crippen molar-refractivity contribution in [2.45, 2.75) is 13.8 Å². The van der Waals surface area contributed by atoms with E-state index in [-0.39, 0.29) is 5.82 Å². The van der Waals surface area contributed by atoms with Crippen molar-refractivity contribution in [2.24, 2.45) is 0 Å². The van der Waals surface area contributed by atoms with Crippen LogP contribution in [0.25, 0.3) is 16.9 Å². The van der Waals surface area contributed by atoms with Crippen molar-refractivity contribution in [3.8, 4) is 11.3 Å². The van der Waals surface area contributed by atoms with Crippen LogP contribution in [0.4, 0.5) is 10.2 Å². The van der Waals surface area contributed by atoms with Gasteiger partial charge in [-0.15, -0.1) is 0 Å². The van der Waals surface area contributed by atoms with E-state index in [4.69, 9.17) is 5.73 Å². The van der Waals surface area contributed by atoms with Gasteiger partial charge in [0.05, 0.1) is 0 Å². The second-order valence-corrected chi connectivity index (χ2v) is 4.67. The monoisotopic (exact) mass is 255 g/mol. The highest BCUT2D eigenvalue weighted by Gasteiger charge is 2.14. The third-order valence-electron chi connectivity index (χ3n) is 3.32. The number of fused-ring (bicyclic) bond motifs is 1. The zero-order valence-corrected chi connectivity index (χ0v) is 10.8. The fourth-order valence-corrected chi connectivity index (χ4v) is 2.37. The minimum Gasteiger partial charge on any atom is -0.383 e. The lowest BCUT2D eigenvalue weighted by molar-refractivity contribution is 0.627. The zero-order valence-electron chi connectivity index (χ0n) is 10.8. The number of halogens is 1. The second kappa shape index (κ2) is 4.09. The van der Waals surface area contributed by atoms with E-state index in [9.17, 15) is 4.39 Å². The molecule has 0 unspecified atom stereocenters. The predicted molar refractivity (Wildman–Crippen MR) is 74.5 cm³/mol. The van der Waals surface area contributed by atoms with E-state index in [1.807, 2.05) is 36.4 Å². The van der Waals surface area contributed by atoms with Crippen molar-refractivity contribution >= 4 is 11.5 Å². The van der Waals surface area contributed by atoms with Crippen molar-refractivity contribution in [3.05, 3.63) is 53.5 Å². The molecule has 2 aromatic heterocycles. The smallest absolute Gasteiger partial charge is 0.139 e. The Hall–Kier alpha value is -2.36. The molecule has 96 valence electrons. The molecule has 0 bridgehead atoms. The maximum absolute atomic E-state index is 13.2. The predicted octanol–water partition coefficient (Wildman–Crippen LogP) is 3.34. The van der Waals surface area contributed by atoms with Gasteiger partial charge in [0, 0.05) is 11.3 Å². The van der Waals surface area contributed by atoms with Crippen LogP contribution in [0, 0.1) is 19.7 Å². The molecule has 0 aliphatic carbocycles. The summed E-state index contributed by atoms with van der Waals surface area (Å²) in [7, 11) is 0. The summed E-state index contributed by atoms with van der Waals surface area (Å²) in [5.41, 5.74) is 10.4. The molecule has 0 amide bonds. The number of benzene rings is 1. The fourth-order valence-electron chi connectivity index (χ4n) is 2.37. The number of nitrogens with zero attached hydrogens (tertiary/aromatic N) is 2. The summed E-state index contributed by atoms with van der Waals surface area (Å²) in [5.74, 6) is 0.336. The van der Waals surface area contributed by atoms with Crippen LogP contribution >= 0.6 is 0 Å². The van der Waals surface area contributed by atoms with Gasteiger partial charge in [-0.2, -0.15) is 0 Å². The molecular formula is C15H14FN3. The number of anilines is 1. The van der Waals surface area contributed by atoms with Crippen LogP contribution < -0.4 is 5.73 Å². The van der Waals surface area contributed by atoms with Crippen LogP contribution in [-0.4, -0.2) is 9.38 Å². The Bertz CT molecular complexity index is 774. The Labute approximate surface area is 110 Å². The average Bonchev–Trinajstić information content (AvgIpc) is 2.68. The van der Waals surface area contributed by atoms with Crippen molar-refractivity contribution < 1.29 is 4.39 Å². The molecule has 3 nitrogen and oxygen atoms in total. The number of imidazole rings is 1. The number of pyridine rings is 1. The molecular weight excluding hydrogens is 241 g/mol. The third-order valence-corrected chi connectivity index (χ3v) is 3.32. The molecule has 3 aromatic rings. The number of hydrogen-bond acceptors (Lipinski definition) is 2. The van der Waals surface area contributed by atoms with Gasteiger partial charge in [0.25, 0.3) is 0 Å². The van der Waals surface area contributed by atoms with Crippen LogP contribution in [0.1, 0.15) is 11.3 Å². The van der Waals surface area contributed by atoms with E-state index in [1.165, 1.54) is 12.1 Å². The molecule has 4 heteroatoms. The maximum Gasteiger partial charge on any atom is 0.139 e. The Kier molecular flexibility index (Phi) is 2.52. The van der Waals surface area contributed by atoms with Crippen LogP contribution in [0.2, 0.25) is 0 Å². The first-order valence-corrected chi connectivity index (χ1v) is 6.08. The first kappa shape index (κ1) is 11.7. The van der Waals surface area contributed by atoms with E-state index in [0.717, 1.165) is 22.5 Å². The topological polar surface area (TPSA) is 43.3 Å². The number of aromatic nitrogens is 2. The number of hydrogen-bond donors (Lipinski definition) is 1. The van der Waals surface area contributed by atoms with Gasteiger partial charge in [-0.25, -0.2) is 9.37 Å². The maximum atomic E-state index is 13.2. The lowest BCUT2D eigenvalue weighted by Gasteiger charge is -2.05. The molecule has 2 N–H and O–H groups in total. The molecule has 0 saturated carbocycles. The quantitative estimate of drug-likeness (QED) is 0.724. The molecule has 0 saturated heterocycles. The molecule has 19 heavy (non-hydrogen) atoms. The van der Waals surface area contributed by atoms with E-state index >= 15 is 0 Å². The van der Waals surface area contributed by atoms with Crippen LogP contribution in [-0.2, 0) is 0 Å². The number of rotatable bonds is 1. The van der Waals surface area contributed by atoms with E-state index in [0.29, 0.717) is 11.5 Å². The first-order chi connectivity index (χ1) is 9.08. The SMILES string of the molecule is Cc1cc(F)ccc1-c1nc2cccc(C)n2c1N. The summed E-state index contributed by atoms with van der Waals surface area (Å²) in [5, 5.41) is 0. The van der Waals surface area contributed by atoms with Gasteiger partial charge in [0.15, 0.2) is 0 Å². The Balaban J connectivity index is 2.31. The largest absolute Gasteiger partial charge is 0.383 e. The van der Waals surface area contributed by atoms with E-state index in [2.05, 4.69) is 4.98 Å². The van der Waals surface area contributed by atoms with Crippen molar-refractivity contribution in [1.82, 2.24) is 9.38 Å². The number of nitrogens with two attached hydrogens (primary N) is 1. The lowest BCUT2D eigenvalue weighted by atomic mass is 10.1. The van der Waals surface area contributed by atoms with Gasteiger partial charge in [0.2, 0.25) is 0 Å². The second-order valence-electron chi connectivity index (χ2n) is 4.67. The minimum absolute atomic E-state index is 0.250. The third kappa shape index (κ3) is 1.76. The summed E-state index contributed by atoms with van der Waals surface area (Å²) >= 11 is 0. The molecule has 2 heterocycles. The summed E-state index contributed by atoms with van der Waals surface area (Å²) in [4.78, 5) is 4.55. The van der Waals surface area contributed by atoms with Gasteiger partial charge in [-0.05, 0) is 49.7 Å². The fraction of sp³-hybridized carbons (Fsp3) is 0.133. The van der Waals surface area contributed by atoms with Gasteiger partial charge < -0.3 is 5.73 Å². The van der Waals surface area contributed by atoms with Crippen molar-refractivity contribution in [1.29, 1.82) is 0 Å². The minimum atomic E-state index is -0.250. The highest BCUT2D eigenvalue weighted by Crippen LogP contribution is 2.30. The van der Waals surface area contributed by atoms with E-state index in [1.54, 1.807) is 6.07 Å². The summed E-state index contributed by atoms with van der Waals surface area (Å²) < 4.78 is 15.1. The lowest BCUT2D eigenvalue weighted by Crippen LogP contribution is -1.97. The number of nitrogen functional groups attached to an aromatic ring is 1. The Morgan fingerprint density at radius 1 is 1.16 bits per heavy atom. The summed E-state index contributed by atoms with van der Waals surface area (Å²) in [6.45, 7) is 3.83. The molecule has 1 aromatic carbocycles. The molecule has 0 aliphatic heterocycles. The van der Waals surface area contributed by atoms with Crippen LogP contribution in [0.5, 0.6) is 0 Å². The average molecular weight is 255 g/mol. The van der Waals surface area contributed by atoms with Crippen molar-refractivity contribution in [3.63, 3.8) is 0 Å². The van der Waals surface area contributed by atoms with Gasteiger partial charge in [-0.1, -0.05) is 6.07 Å². The molecule has 0 atom stereocenters. The summed E-state index contributed by atoms with van der Waals surface area (Å²) in [6, 6.07) is 10.5. The molecule has 3 rings (SSSR count).